The van der Waals surface area contributed by atoms with E-state index < -0.39 is 5.72 Å². The molecule has 2 aliphatic heterocycles. The Hall–Kier alpha value is -4.51. The van der Waals surface area contributed by atoms with E-state index in [0.29, 0.717) is 22.6 Å². The summed E-state index contributed by atoms with van der Waals surface area (Å²) in [6, 6.07) is 44.5. The summed E-state index contributed by atoms with van der Waals surface area (Å²) in [7, 11) is 7.96. The van der Waals surface area contributed by atoms with Crippen molar-refractivity contribution in [2.45, 2.75) is 5.72 Å². The Labute approximate surface area is 398 Å². The topological polar surface area (TPSA) is 90.9 Å². The zero-order valence-electron chi connectivity index (χ0n) is 33.5. The Balaban J connectivity index is 0.000000173. The van der Waals surface area contributed by atoms with Crippen LogP contribution in [0.25, 0.3) is 0 Å². The number of nitrogens with zero attached hydrogens (tertiary/aromatic N) is 6. The second-order valence-corrected chi connectivity index (χ2v) is 18.9. The Kier molecular flexibility index (Phi) is 15.2. The molecule has 6 aromatic carbocycles. The summed E-state index contributed by atoms with van der Waals surface area (Å²) in [5, 5.41) is 11.9. The van der Waals surface area contributed by atoms with E-state index in [9.17, 15) is 19.5 Å². The average Bonchev–Trinajstić information content (AvgIpc) is 3.70. The number of halogens is 5. The van der Waals surface area contributed by atoms with Crippen LogP contribution in [0.3, 0.4) is 0 Å². The minimum absolute atomic E-state index is 0.0521. The highest BCUT2D eigenvalue weighted by atomic mass is 79.9. The van der Waals surface area contributed by atoms with Gasteiger partial charge in [0.05, 0.1) is 12.2 Å². The summed E-state index contributed by atoms with van der Waals surface area (Å²) in [5.74, 6) is -0.231. The van der Waals surface area contributed by atoms with E-state index in [2.05, 4.69) is 96.7 Å². The molecule has 0 saturated carbocycles. The van der Waals surface area contributed by atoms with Crippen molar-refractivity contribution in [2.24, 2.45) is 0 Å². The van der Waals surface area contributed by atoms with Gasteiger partial charge in [0, 0.05) is 84.6 Å². The van der Waals surface area contributed by atoms with Gasteiger partial charge in [-0.3, -0.25) is 19.5 Å². The van der Waals surface area contributed by atoms with E-state index >= 15 is 0 Å². The zero-order valence-corrected chi connectivity index (χ0v) is 41.4. The molecule has 0 bridgehead atoms. The number of amides is 5. The van der Waals surface area contributed by atoms with E-state index in [1.807, 2.05) is 130 Å². The molecule has 0 radical (unpaired) electrons. The molecule has 1 unspecified atom stereocenters. The van der Waals surface area contributed by atoms with Crippen LogP contribution in [0.4, 0.5) is 43.7 Å². The van der Waals surface area contributed by atoms with Crippen LogP contribution < -0.4 is 29.4 Å². The Morgan fingerprint density at radius 2 is 0.918 bits per heavy atom. The third-order valence-corrected chi connectivity index (χ3v) is 12.3. The molecule has 1 N–H and O–H groups in total. The predicted molar refractivity (Wildman–Crippen MR) is 265 cm³/mol. The largest absolute Gasteiger partial charge is 0.378 e. The van der Waals surface area contributed by atoms with Crippen molar-refractivity contribution in [1.82, 2.24) is 0 Å². The van der Waals surface area contributed by atoms with Crippen LogP contribution >= 0.6 is 79.6 Å². The van der Waals surface area contributed by atoms with Gasteiger partial charge in [-0.2, -0.15) is 0 Å². The number of β-amino-alcohol motifs (C(OH)–C–C–N with tert-alkyl or cyclic N) is 1. The number of imide groups is 1. The molecule has 6 aromatic rings. The van der Waals surface area contributed by atoms with Gasteiger partial charge in [0.15, 0.2) is 5.72 Å². The monoisotopic (exact) mass is 1140 g/mol. The second-order valence-electron chi connectivity index (χ2n) is 14.3. The molecule has 2 aliphatic rings. The Morgan fingerprint density at radius 3 is 1.38 bits per heavy atom. The van der Waals surface area contributed by atoms with Crippen molar-refractivity contribution < 1.29 is 19.5 Å². The molecule has 61 heavy (non-hydrogen) atoms. The van der Waals surface area contributed by atoms with Gasteiger partial charge in [0.1, 0.15) is 6.54 Å². The number of urea groups is 2. The van der Waals surface area contributed by atoms with Crippen molar-refractivity contribution in [3.8, 4) is 0 Å². The first-order valence-corrected chi connectivity index (χ1v) is 22.7. The number of aliphatic hydroxyl groups is 1. The van der Waals surface area contributed by atoms with Gasteiger partial charge in [-0.05, 0) is 127 Å². The maximum atomic E-state index is 13.5. The molecule has 10 nitrogen and oxygen atoms in total. The molecule has 8 rings (SSSR count). The summed E-state index contributed by atoms with van der Waals surface area (Å²) in [6.07, 6.45) is 0. The highest BCUT2D eigenvalue weighted by molar-refractivity contribution is 9.11. The smallest absolute Gasteiger partial charge is 0.336 e. The highest BCUT2D eigenvalue weighted by Crippen LogP contribution is 2.41. The van der Waals surface area contributed by atoms with Crippen LogP contribution in [-0.4, -0.2) is 64.4 Å². The van der Waals surface area contributed by atoms with Gasteiger partial charge in [-0.25, -0.2) is 14.5 Å². The van der Waals surface area contributed by atoms with Crippen molar-refractivity contribution in [2.75, 3.05) is 70.7 Å². The van der Waals surface area contributed by atoms with Crippen molar-refractivity contribution in [1.29, 1.82) is 0 Å². The van der Waals surface area contributed by atoms with E-state index in [0.717, 1.165) is 33.7 Å². The van der Waals surface area contributed by atoms with Crippen LogP contribution in [0.15, 0.2) is 168 Å². The first-order valence-electron chi connectivity index (χ1n) is 18.8. The molecule has 0 aromatic heterocycles. The number of hydrogen-bond acceptors (Lipinski definition) is 6. The summed E-state index contributed by atoms with van der Waals surface area (Å²) in [6.45, 7) is 0.164. The van der Waals surface area contributed by atoms with Gasteiger partial charge in [0.25, 0.3) is 5.91 Å². The van der Waals surface area contributed by atoms with Gasteiger partial charge < -0.3 is 14.9 Å². The number of benzene rings is 6. The molecule has 0 spiro atoms. The number of anilines is 6. The Morgan fingerprint density at radius 1 is 0.492 bits per heavy atom. The van der Waals surface area contributed by atoms with Gasteiger partial charge in [-0.15, -0.1) is 0 Å². The third-order valence-electron chi connectivity index (χ3n) is 9.73. The highest BCUT2D eigenvalue weighted by Gasteiger charge is 2.51. The molecular formula is C46H41Br5N6O4. The second kappa shape index (κ2) is 20.1. The number of hydrogen-bond donors (Lipinski definition) is 1. The summed E-state index contributed by atoms with van der Waals surface area (Å²) >= 11 is 17.0. The third kappa shape index (κ3) is 10.9. The first kappa shape index (κ1) is 46.0. The van der Waals surface area contributed by atoms with E-state index in [-0.39, 0.29) is 31.1 Å². The molecule has 2 heterocycles. The fraction of sp³-hybridized carbons (Fsp3) is 0.152. The Bertz CT molecular complexity index is 2490. The van der Waals surface area contributed by atoms with Crippen molar-refractivity contribution in [3.63, 3.8) is 0 Å². The normalized spacial score (nSPS) is 15.9. The quantitative estimate of drug-likeness (QED) is 0.160. The standard InChI is InChI=1S/C23H21Br2N3O2.C15H10Br2N2O2.C8H10BrN/c1-26(2)21-5-3-4-16(14-21)23(30)15-27(19-10-6-17(24)7-11-19)22(29)28(23)20-12-8-18(25)9-13-20;16-10-1-5-12(6-2-10)18-9-14(20)19(15(18)21)13-7-3-11(17)4-8-13;1-10(2)8-5-3-4-7(9)6-8/h3-14,30H,15H2,1-2H3;1-8H,9H2;3-6H,1-2H3. The molecule has 2 saturated heterocycles. The number of carbonyl (C=O) groups excluding carboxylic acids is 3. The summed E-state index contributed by atoms with van der Waals surface area (Å²) in [4.78, 5) is 48.0. The van der Waals surface area contributed by atoms with Gasteiger partial charge in [0.2, 0.25) is 0 Å². The van der Waals surface area contributed by atoms with E-state index in [4.69, 9.17) is 0 Å². The molecular weight excluding hydrogens is 1100 g/mol. The molecule has 0 aliphatic carbocycles. The molecule has 15 heteroatoms. The van der Waals surface area contributed by atoms with E-state index in [1.54, 1.807) is 41.3 Å². The summed E-state index contributed by atoms with van der Waals surface area (Å²) in [5.41, 5.74) is 3.93. The molecule has 1 atom stereocenters. The fourth-order valence-corrected chi connectivity index (χ4v) is 8.00. The SMILES string of the molecule is CN(C)c1cccc(Br)c1.CN(C)c1cccc(C2(O)CN(c3ccc(Br)cc3)C(=O)N2c2ccc(Br)cc2)c1.O=C1CN(c2ccc(Br)cc2)C(=O)N1c1ccc(Br)cc1. The fourth-order valence-electron chi connectivity index (χ4n) is 6.55. The molecule has 314 valence electrons. The van der Waals surface area contributed by atoms with Crippen molar-refractivity contribution >= 4 is 132 Å². The maximum Gasteiger partial charge on any atom is 0.336 e. The van der Waals surface area contributed by atoms with Crippen LogP contribution in [0.5, 0.6) is 0 Å². The predicted octanol–water partition coefficient (Wildman–Crippen LogP) is 12.3. The minimum Gasteiger partial charge on any atom is -0.378 e. The first-order chi connectivity index (χ1) is 29.0. The van der Waals surface area contributed by atoms with E-state index in [1.165, 1.54) is 20.4 Å². The van der Waals surface area contributed by atoms with Crippen LogP contribution in [-0.2, 0) is 10.5 Å². The van der Waals surface area contributed by atoms with Gasteiger partial charge in [-0.1, -0.05) is 97.8 Å². The molecule has 2 fully saturated rings. The lowest BCUT2D eigenvalue weighted by atomic mass is 10.0. The van der Waals surface area contributed by atoms with Crippen LogP contribution in [0, 0.1) is 0 Å². The lowest BCUT2D eigenvalue weighted by Crippen LogP contribution is -2.45. The maximum absolute atomic E-state index is 13.5. The van der Waals surface area contributed by atoms with Crippen molar-refractivity contribution in [3.05, 3.63) is 174 Å². The lowest BCUT2D eigenvalue weighted by Gasteiger charge is -2.33. The minimum atomic E-state index is -1.52. The number of carbonyl (C=O) groups is 3. The van der Waals surface area contributed by atoms with Gasteiger partial charge >= 0.3 is 12.1 Å². The zero-order chi connectivity index (χ0) is 44.0. The lowest BCUT2D eigenvalue weighted by molar-refractivity contribution is -0.115. The number of rotatable bonds is 7. The molecule has 5 amide bonds. The van der Waals surface area contributed by atoms with Crippen LogP contribution in [0.1, 0.15) is 5.56 Å². The average molecular weight is 1140 g/mol. The van der Waals surface area contributed by atoms with Crippen LogP contribution in [0.2, 0.25) is 0 Å². The summed E-state index contributed by atoms with van der Waals surface area (Å²) < 4.78 is 4.78.